The van der Waals surface area contributed by atoms with Crippen LogP contribution in [0.2, 0.25) is 0 Å². The number of carbonyl (C=O) groups excluding carboxylic acids is 1. The summed E-state index contributed by atoms with van der Waals surface area (Å²) in [5.74, 6) is -1.53. The van der Waals surface area contributed by atoms with Crippen LogP contribution in [0.1, 0.15) is 11.7 Å². The van der Waals surface area contributed by atoms with Crippen LogP contribution in [0, 0.1) is 0 Å². The molecule has 87 valence electrons. The smallest absolute Gasteiger partial charge is 0.268 e. The van der Waals surface area contributed by atoms with Gasteiger partial charge in [0.2, 0.25) is 0 Å². The molecule has 1 atom stereocenters. The van der Waals surface area contributed by atoms with Crippen LogP contribution in [-0.2, 0) is 19.0 Å². The number of benzene rings is 1. The Labute approximate surface area is 95.1 Å². The highest BCUT2D eigenvalue weighted by Crippen LogP contribution is 2.30. The second-order valence-electron chi connectivity index (χ2n) is 3.20. The van der Waals surface area contributed by atoms with E-state index in [9.17, 15) is 4.79 Å². The van der Waals surface area contributed by atoms with Crippen molar-refractivity contribution < 1.29 is 19.0 Å². The van der Waals surface area contributed by atoms with Crippen LogP contribution in [0.15, 0.2) is 30.3 Å². The lowest BCUT2D eigenvalue weighted by Crippen LogP contribution is -2.43. The van der Waals surface area contributed by atoms with Crippen LogP contribution < -0.4 is 0 Å². The highest BCUT2D eigenvalue weighted by Gasteiger charge is 2.42. The van der Waals surface area contributed by atoms with Gasteiger partial charge in [-0.2, -0.15) is 0 Å². The molecule has 0 saturated carbocycles. The van der Waals surface area contributed by atoms with Gasteiger partial charge in [0.25, 0.3) is 12.1 Å². The normalized spacial score (nSPS) is 13.4. The summed E-state index contributed by atoms with van der Waals surface area (Å²) >= 11 is 0. The molecular weight excluding hydrogens is 208 g/mol. The van der Waals surface area contributed by atoms with Crippen LogP contribution >= 0.6 is 0 Å². The van der Waals surface area contributed by atoms with Gasteiger partial charge in [0.15, 0.2) is 0 Å². The maximum absolute atomic E-state index is 11.0. The molecule has 1 radical (unpaired) electrons. The Balaban J connectivity index is 3.10. The summed E-state index contributed by atoms with van der Waals surface area (Å²) in [5.41, 5.74) is 0.789. The van der Waals surface area contributed by atoms with E-state index in [1.807, 2.05) is 30.3 Å². The van der Waals surface area contributed by atoms with Gasteiger partial charge in [0.1, 0.15) is 6.10 Å². The van der Waals surface area contributed by atoms with Crippen molar-refractivity contribution in [2.24, 2.45) is 0 Å². The third-order valence-corrected chi connectivity index (χ3v) is 2.43. The van der Waals surface area contributed by atoms with Gasteiger partial charge < -0.3 is 14.2 Å². The SMILES string of the molecule is COC(c1ccccc1)C([C]=O)(OC)OC. The van der Waals surface area contributed by atoms with Crippen molar-refractivity contribution in [2.75, 3.05) is 21.3 Å². The molecular formula is C12H15O4. The minimum absolute atomic E-state index is 0.652. The molecule has 0 heterocycles. The van der Waals surface area contributed by atoms with E-state index in [-0.39, 0.29) is 0 Å². The van der Waals surface area contributed by atoms with Crippen molar-refractivity contribution in [3.63, 3.8) is 0 Å². The predicted octanol–water partition coefficient (Wildman–Crippen LogP) is 1.47. The molecule has 16 heavy (non-hydrogen) atoms. The highest BCUT2D eigenvalue weighted by atomic mass is 16.7. The second kappa shape index (κ2) is 5.75. The Bertz CT molecular complexity index is 319. The highest BCUT2D eigenvalue weighted by molar-refractivity contribution is 5.63. The van der Waals surface area contributed by atoms with Crippen LogP contribution in [0.25, 0.3) is 0 Å². The molecule has 0 fully saturated rings. The monoisotopic (exact) mass is 223 g/mol. The first-order chi connectivity index (χ1) is 7.74. The van der Waals surface area contributed by atoms with Crippen molar-refractivity contribution in [3.05, 3.63) is 35.9 Å². The number of hydrogen-bond donors (Lipinski definition) is 0. The first-order valence-electron chi connectivity index (χ1n) is 4.81. The molecule has 0 aliphatic rings. The molecule has 0 bridgehead atoms. The molecule has 0 aromatic heterocycles. The average molecular weight is 223 g/mol. The fourth-order valence-electron chi connectivity index (χ4n) is 1.57. The van der Waals surface area contributed by atoms with Gasteiger partial charge in [0, 0.05) is 21.3 Å². The average Bonchev–Trinajstić information content (AvgIpc) is 2.37. The van der Waals surface area contributed by atoms with Crippen LogP contribution in [0.3, 0.4) is 0 Å². The first kappa shape index (κ1) is 12.8. The van der Waals surface area contributed by atoms with E-state index in [1.54, 1.807) is 6.29 Å². The largest absolute Gasteiger partial charge is 0.371 e. The Morgan fingerprint density at radius 3 is 2.06 bits per heavy atom. The van der Waals surface area contributed by atoms with Gasteiger partial charge in [-0.25, -0.2) is 0 Å². The maximum Gasteiger partial charge on any atom is 0.268 e. The fraction of sp³-hybridized carbons (Fsp3) is 0.417. The third-order valence-electron chi connectivity index (χ3n) is 2.43. The van der Waals surface area contributed by atoms with E-state index in [0.717, 1.165) is 5.56 Å². The molecule has 1 aromatic carbocycles. The number of rotatable bonds is 6. The number of hydrogen-bond acceptors (Lipinski definition) is 4. The van der Waals surface area contributed by atoms with Crippen molar-refractivity contribution in [3.8, 4) is 0 Å². The number of methoxy groups -OCH3 is 3. The Hall–Kier alpha value is -1.23. The van der Waals surface area contributed by atoms with Crippen molar-refractivity contribution in [2.45, 2.75) is 11.9 Å². The minimum atomic E-state index is -1.53. The summed E-state index contributed by atoms with van der Waals surface area (Å²) in [5, 5.41) is 0. The summed E-state index contributed by atoms with van der Waals surface area (Å²) in [6, 6.07) is 9.24. The van der Waals surface area contributed by atoms with Crippen molar-refractivity contribution in [1.29, 1.82) is 0 Å². The van der Waals surface area contributed by atoms with E-state index in [0.29, 0.717) is 0 Å². The molecule has 4 nitrogen and oxygen atoms in total. The molecule has 0 spiro atoms. The second-order valence-corrected chi connectivity index (χ2v) is 3.20. The summed E-state index contributed by atoms with van der Waals surface area (Å²) in [6.07, 6.45) is 1.09. The predicted molar refractivity (Wildman–Crippen MR) is 58.6 cm³/mol. The zero-order valence-electron chi connectivity index (χ0n) is 9.60. The molecule has 1 rings (SSSR count). The van der Waals surface area contributed by atoms with E-state index in [4.69, 9.17) is 14.2 Å². The molecule has 1 unspecified atom stereocenters. The molecule has 1 aromatic rings. The van der Waals surface area contributed by atoms with Gasteiger partial charge in [-0.3, -0.25) is 4.79 Å². The lowest BCUT2D eigenvalue weighted by molar-refractivity contribution is -0.221. The number of ether oxygens (including phenoxy) is 3. The summed E-state index contributed by atoms with van der Waals surface area (Å²) in [7, 11) is 4.24. The molecule has 0 saturated heterocycles. The standard InChI is InChI=1S/C12H15O4/c1-14-11(10-7-5-4-6-8-10)12(9-13,15-2)16-3/h4-8,11H,1-3H3. The molecule has 0 amide bonds. The molecule has 0 aliphatic carbocycles. The fourth-order valence-corrected chi connectivity index (χ4v) is 1.57. The lowest BCUT2D eigenvalue weighted by atomic mass is 10.0. The van der Waals surface area contributed by atoms with Gasteiger partial charge in [-0.1, -0.05) is 30.3 Å². The summed E-state index contributed by atoms with van der Waals surface area (Å²) in [4.78, 5) is 11.0. The van der Waals surface area contributed by atoms with E-state index >= 15 is 0 Å². The van der Waals surface area contributed by atoms with Gasteiger partial charge in [-0.05, 0) is 5.56 Å². The van der Waals surface area contributed by atoms with E-state index < -0.39 is 11.9 Å². The summed E-state index contributed by atoms with van der Waals surface area (Å²) < 4.78 is 15.4. The first-order valence-corrected chi connectivity index (χ1v) is 4.81. The van der Waals surface area contributed by atoms with E-state index in [2.05, 4.69) is 0 Å². The zero-order valence-corrected chi connectivity index (χ0v) is 9.60. The topological polar surface area (TPSA) is 44.8 Å². The Morgan fingerprint density at radius 1 is 1.12 bits per heavy atom. The Morgan fingerprint density at radius 2 is 1.69 bits per heavy atom. The summed E-state index contributed by atoms with van der Waals surface area (Å²) in [6.45, 7) is 0. The van der Waals surface area contributed by atoms with Gasteiger partial charge in [0.05, 0.1) is 0 Å². The molecule has 0 N–H and O–H groups in total. The lowest BCUT2D eigenvalue weighted by Gasteiger charge is -2.31. The minimum Gasteiger partial charge on any atom is -0.371 e. The van der Waals surface area contributed by atoms with Crippen LogP contribution in [-0.4, -0.2) is 33.4 Å². The van der Waals surface area contributed by atoms with Crippen LogP contribution in [0.4, 0.5) is 0 Å². The molecule has 0 aliphatic heterocycles. The van der Waals surface area contributed by atoms with Gasteiger partial charge in [-0.15, -0.1) is 0 Å². The molecule has 4 heteroatoms. The third kappa shape index (κ3) is 2.29. The zero-order chi connectivity index (χ0) is 12.0. The van der Waals surface area contributed by atoms with Gasteiger partial charge >= 0.3 is 0 Å². The van der Waals surface area contributed by atoms with Crippen molar-refractivity contribution >= 4 is 6.29 Å². The van der Waals surface area contributed by atoms with E-state index in [1.165, 1.54) is 21.3 Å². The maximum atomic E-state index is 11.0. The van der Waals surface area contributed by atoms with Crippen molar-refractivity contribution in [1.82, 2.24) is 0 Å². The Kier molecular flexibility index (Phi) is 4.61. The quantitative estimate of drug-likeness (QED) is 0.685. The van der Waals surface area contributed by atoms with Crippen LogP contribution in [0.5, 0.6) is 0 Å².